The molecule has 0 bridgehead atoms. The van der Waals surface area contributed by atoms with E-state index < -0.39 is 5.82 Å². The van der Waals surface area contributed by atoms with Crippen molar-refractivity contribution < 1.29 is 13.9 Å². The summed E-state index contributed by atoms with van der Waals surface area (Å²) in [5.74, 6) is -0.0251. The molecule has 122 valence electrons. The second-order valence-electron chi connectivity index (χ2n) is 5.56. The van der Waals surface area contributed by atoms with Gasteiger partial charge in [-0.15, -0.1) is 0 Å². The van der Waals surface area contributed by atoms with Crippen LogP contribution >= 0.6 is 15.9 Å². The molecule has 23 heavy (non-hydrogen) atoms. The van der Waals surface area contributed by atoms with E-state index in [0.717, 1.165) is 11.3 Å². The van der Waals surface area contributed by atoms with Gasteiger partial charge in [0.15, 0.2) is 0 Å². The van der Waals surface area contributed by atoms with E-state index in [1.54, 1.807) is 0 Å². The minimum absolute atomic E-state index is 0.0818. The zero-order valence-corrected chi connectivity index (χ0v) is 14.9. The van der Waals surface area contributed by atoms with Crippen LogP contribution in [0.2, 0.25) is 0 Å². The summed E-state index contributed by atoms with van der Waals surface area (Å²) in [6.45, 7) is 5.79. The van der Waals surface area contributed by atoms with Gasteiger partial charge in [0.05, 0.1) is 17.7 Å². The number of halogens is 2. The molecule has 0 saturated heterocycles. The molecule has 0 radical (unpaired) electrons. The second kappa shape index (κ2) is 7.59. The molecule has 0 aliphatic rings. The van der Waals surface area contributed by atoms with E-state index in [-0.39, 0.29) is 23.6 Å². The van der Waals surface area contributed by atoms with Gasteiger partial charge in [-0.05, 0) is 72.6 Å². The molecule has 0 saturated carbocycles. The number of benzene rings is 2. The number of carbonyl (C=O) groups excluding carboxylic acids is 1. The third kappa shape index (κ3) is 4.79. The SMILES string of the molecule is CC(C)Oc1cccc(C(C)NC(=O)c2cc(F)ccc2Br)c1. The van der Waals surface area contributed by atoms with Crippen LogP contribution in [0.1, 0.15) is 42.7 Å². The summed E-state index contributed by atoms with van der Waals surface area (Å²) < 4.78 is 19.5. The van der Waals surface area contributed by atoms with Gasteiger partial charge in [0.25, 0.3) is 5.91 Å². The second-order valence-corrected chi connectivity index (χ2v) is 6.41. The van der Waals surface area contributed by atoms with E-state index in [9.17, 15) is 9.18 Å². The molecule has 0 spiro atoms. The van der Waals surface area contributed by atoms with Crippen LogP contribution in [-0.2, 0) is 0 Å². The number of hydrogen-bond donors (Lipinski definition) is 1. The minimum atomic E-state index is -0.446. The van der Waals surface area contributed by atoms with Gasteiger partial charge >= 0.3 is 0 Å². The van der Waals surface area contributed by atoms with Crippen LogP contribution in [0.3, 0.4) is 0 Å². The Bertz CT molecular complexity index is 703. The summed E-state index contributed by atoms with van der Waals surface area (Å²) in [5.41, 5.74) is 1.19. The molecule has 1 unspecified atom stereocenters. The number of ether oxygens (including phenoxy) is 1. The first kappa shape index (κ1) is 17.5. The first-order chi connectivity index (χ1) is 10.9. The third-order valence-corrected chi connectivity index (χ3v) is 3.94. The number of hydrogen-bond acceptors (Lipinski definition) is 2. The Morgan fingerprint density at radius 3 is 2.61 bits per heavy atom. The van der Waals surface area contributed by atoms with E-state index in [2.05, 4.69) is 21.2 Å². The molecule has 2 rings (SSSR count). The zero-order valence-electron chi connectivity index (χ0n) is 13.3. The van der Waals surface area contributed by atoms with E-state index in [4.69, 9.17) is 4.74 Å². The molecule has 1 amide bonds. The molecule has 2 aromatic carbocycles. The minimum Gasteiger partial charge on any atom is -0.491 e. The number of carbonyl (C=O) groups is 1. The standard InChI is InChI=1S/C18H19BrFNO2/c1-11(2)23-15-6-4-5-13(9-15)12(3)21-18(22)16-10-14(20)7-8-17(16)19/h4-12H,1-3H3,(H,21,22). The fourth-order valence-electron chi connectivity index (χ4n) is 2.16. The van der Waals surface area contributed by atoms with Crippen LogP contribution in [-0.4, -0.2) is 12.0 Å². The molecule has 0 aliphatic carbocycles. The largest absolute Gasteiger partial charge is 0.491 e. The average Bonchev–Trinajstić information content (AvgIpc) is 2.49. The Kier molecular flexibility index (Phi) is 5.77. The van der Waals surface area contributed by atoms with Crippen molar-refractivity contribution in [2.45, 2.75) is 32.9 Å². The normalized spacial score (nSPS) is 12.1. The number of nitrogens with one attached hydrogen (secondary N) is 1. The maximum Gasteiger partial charge on any atom is 0.253 e. The molecule has 0 aliphatic heterocycles. The predicted molar refractivity (Wildman–Crippen MR) is 92.2 cm³/mol. The Morgan fingerprint density at radius 2 is 1.91 bits per heavy atom. The van der Waals surface area contributed by atoms with Crippen LogP contribution in [0.15, 0.2) is 46.9 Å². The van der Waals surface area contributed by atoms with Gasteiger partial charge in [-0.25, -0.2) is 4.39 Å². The van der Waals surface area contributed by atoms with E-state index in [0.29, 0.717) is 4.47 Å². The monoisotopic (exact) mass is 379 g/mol. The number of rotatable bonds is 5. The maximum absolute atomic E-state index is 13.3. The quantitative estimate of drug-likeness (QED) is 0.804. The molecule has 5 heteroatoms. The lowest BCUT2D eigenvalue weighted by atomic mass is 10.1. The van der Waals surface area contributed by atoms with Gasteiger partial charge in [-0.1, -0.05) is 12.1 Å². The molecular weight excluding hydrogens is 361 g/mol. The predicted octanol–water partition coefficient (Wildman–Crippen LogP) is 4.87. The van der Waals surface area contributed by atoms with Crippen LogP contribution in [0.25, 0.3) is 0 Å². The lowest BCUT2D eigenvalue weighted by Gasteiger charge is -2.17. The first-order valence-electron chi connectivity index (χ1n) is 7.39. The fraction of sp³-hybridized carbons (Fsp3) is 0.278. The van der Waals surface area contributed by atoms with Gasteiger partial charge in [-0.2, -0.15) is 0 Å². The molecule has 0 heterocycles. The summed E-state index contributed by atoms with van der Waals surface area (Å²) >= 11 is 3.27. The smallest absolute Gasteiger partial charge is 0.253 e. The topological polar surface area (TPSA) is 38.3 Å². The number of amides is 1. The molecule has 1 N–H and O–H groups in total. The van der Waals surface area contributed by atoms with Crippen molar-refractivity contribution in [1.29, 1.82) is 0 Å². The summed E-state index contributed by atoms with van der Waals surface area (Å²) in [7, 11) is 0. The van der Waals surface area contributed by atoms with E-state index in [1.807, 2.05) is 45.0 Å². The van der Waals surface area contributed by atoms with Gasteiger partial charge in [-0.3, -0.25) is 4.79 Å². The molecule has 0 fully saturated rings. The van der Waals surface area contributed by atoms with Gasteiger partial charge in [0.2, 0.25) is 0 Å². The Hall–Kier alpha value is -1.88. The van der Waals surface area contributed by atoms with Gasteiger partial charge < -0.3 is 10.1 Å². The van der Waals surface area contributed by atoms with Crippen molar-refractivity contribution in [2.24, 2.45) is 0 Å². The first-order valence-corrected chi connectivity index (χ1v) is 8.18. The summed E-state index contributed by atoms with van der Waals surface area (Å²) in [6.07, 6.45) is 0.0818. The third-order valence-electron chi connectivity index (χ3n) is 3.25. The summed E-state index contributed by atoms with van der Waals surface area (Å²) in [5, 5.41) is 2.87. The fourth-order valence-corrected chi connectivity index (χ4v) is 2.59. The van der Waals surface area contributed by atoms with Crippen LogP contribution < -0.4 is 10.1 Å². The molecule has 0 aromatic heterocycles. The van der Waals surface area contributed by atoms with Crippen LogP contribution in [0, 0.1) is 5.82 Å². The maximum atomic E-state index is 13.3. The van der Waals surface area contributed by atoms with Gasteiger partial charge in [0.1, 0.15) is 11.6 Å². The average molecular weight is 380 g/mol. The van der Waals surface area contributed by atoms with Crippen molar-refractivity contribution in [3.8, 4) is 5.75 Å². The molecular formula is C18H19BrFNO2. The van der Waals surface area contributed by atoms with Gasteiger partial charge in [0, 0.05) is 4.47 Å². The lowest BCUT2D eigenvalue weighted by Crippen LogP contribution is -2.27. The van der Waals surface area contributed by atoms with Crippen molar-refractivity contribution in [2.75, 3.05) is 0 Å². The van der Waals surface area contributed by atoms with E-state index in [1.165, 1.54) is 18.2 Å². The Labute approximate surface area is 144 Å². The highest BCUT2D eigenvalue weighted by molar-refractivity contribution is 9.10. The van der Waals surface area contributed by atoms with Crippen LogP contribution in [0.4, 0.5) is 4.39 Å². The van der Waals surface area contributed by atoms with Crippen molar-refractivity contribution >= 4 is 21.8 Å². The molecule has 1 atom stereocenters. The summed E-state index contributed by atoms with van der Waals surface area (Å²) in [4.78, 5) is 12.3. The Balaban J connectivity index is 2.13. The Morgan fingerprint density at radius 1 is 1.17 bits per heavy atom. The van der Waals surface area contributed by atoms with Crippen molar-refractivity contribution in [3.05, 3.63) is 63.9 Å². The van der Waals surface area contributed by atoms with Crippen molar-refractivity contribution in [1.82, 2.24) is 5.32 Å². The van der Waals surface area contributed by atoms with Crippen LogP contribution in [0.5, 0.6) is 5.75 Å². The zero-order chi connectivity index (χ0) is 17.0. The molecule has 2 aromatic rings. The lowest BCUT2D eigenvalue weighted by molar-refractivity contribution is 0.0938. The highest BCUT2D eigenvalue weighted by Crippen LogP contribution is 2.22. The molecule has 3 nitrogen and oxygen atoms in total. The van der Waals surface area contributed by atoms with Crippen molar-refractivity contribution in [3.63, 3.8) is 0 Å². The summed E-state index contributed by atoms with van der Waals surface area (Å²) in [6, 6.07) is 11.4. The highest BCUT2D eigenvalue weighted by atomic mass is 79.9. The van der Waals surface area contributed by atoms with E-state index >= 15 is 0 Å². The highest BCUT2D eigenvalue weighted by Gasteiger charge is 2.15.